The fourth-order valence-corrected chi connectivity index (χ4v) is 3.48. The van der Waals surface area contributed by atoms with Gasteiger partial charge in [0.1, 0.15) is 18.1 Å². The Morgan fingerprint density at radius 1 is 1.12 bits per heavy atom. The van der Waals surface area contributed by atoms with E-state index in [1.165, 1.54) is 36.7 Å². The van der Waals surface area contributed by atoms with E-state index in [0.29, 0.717) is 48.7 Å². The van der Waals surface area contributed by atoms with Crippen LogP contribution in [-0.4, -0.2) is 58.5 Å². The van der Waals surface area contributed by atoms with Gasteiger partial charge in [0.2, 0.25) is 0 Å². The first-order chi connectivity index (χ1) is 16.3. The van der Waals surface area contributed by atoms with Gasteiger partial charge in [-0.05, 0) is 41.5 Å². The van der Waals surface area contributed by atoms with Crippen molar-refractivity contribution in [2.75, 3.05) is 26.2 Å². The molecule has 0 spiro atoms. The number of carbonyl (C=O) groups is 1. The number of hydrogen-bond acceptors (Lipinski definition) is 7. The first kappa shape index (κ1) is 23.5. The molecule has 2 N–H and O–H groups in total. The van der Waals surface area contributed by atoms with Crippen molar-refractivity contribution < 1.29 is 32.5 Å². The molecule has 0 saturated heterocycles. The van der Waals surface area contributed by atoms with Crippen molar-refractivity contribution in [1.82, 2.24) is 20.2 Å². The van der Waals surface area contributed by atoms with E-state index >= 15 is 0 Å². The maximum atomic E-state index is 13.2. The normalized spacial score (nSPS) is 14.7. The molecule has 178 valence electrons. The number of aliphatic hydroxyl groups is 1. The van der Waals surface area contributed by atoms with Gasteiger partial charge in [0.25, 0.3) is 5.91 Å². The summed E-state index contributed by atoms with van der Waals surface area (Å²) in [7, 11) is 0. The van der Waals surface area contributed by atoms with Crippen molar-refractivity contribution in [3.8, 4) is 22.6 Å². The van der Waals surface area contributed by atoms with Crippen LogP contribution < -0.4 is 14.8 Å². The molecular formula is C23H21F3N4O4. The number of nitrogens with one attached hydrogen (secondary N) is 1. The third-order valence-electron chi connectivity index (χ3n) is 5.09. The highest BCUT2D eigenvalue weighted by molar-refractivity contribution is 5.98. The van der Waals surface area contributed by atoms with Crippen LogP contribution in [-0.2, 0) is 0 Å². The minimum atomic E-state index is -4.77. The first-order valence-electron chi connectivity index (χ1n) is 10.4. The van der Waals surface area contributed by atoms with Crippen molar-refractivity contribution in [3.63, 3.8) is 0 Å². The molecule has 0 saturated carbocycles. The molecule has 1 amide bonds. The SMILES string of the molecule is O=C1c2cc(-c3ccc(OC(F)(F)F)cc3)ccc2OCCN1CCNC(O)c1ncccn1. The first-order valence-corrected chi connectivity index (χ1v) is 10.4. The smallest absolute Gasteiger partial charge is 0.491 e. The summed E-state index contributed by atoms with van der Waals surface area (Å²) < 4.78 is 46.8. The average molecular weight is 474 g/mol. The minimum Gasteiger partial charge on any atom is -0.491 e. The van der Waals surface area contributed by atoms with Gasteiger partial charge in [0, 0.05) is 25.5 Å². The summed E-state index contributed by atoms with van der Waals surface area (Å²) in [5.74, 6) is 0.0828. The zero-order valence-electron chi connectivity index (χ0n) is 17.8. The van der Waals surface area contributed by atoms with Gasteiger partial charge in [0.05, 0.1) is 12.1 Å². The molecule has 1 aliphatic heterocycles. The monoisotopic (exact) mass is 474 g/mol. The number of amides is 1. The van der Waals surface area contributed by atoms with Crippen molar-refractivity contribution >= 4 is 5.91 Å². The Hall–Kier alpha value is -3.70. The second kappa shape index (κ2) is 10.1. The topological polar surface area (TPSA) is 96.8 Å². The van der Waals surface area contributed by atoms with Crippen LogP contribution in [0.2, 0.25) is 0 Å². The number of alkyl halides is 3. The Morgan fingerprint density at radius 2 is 1.82 bits per heavy atom. The number of halogens is 3. The summed E-state index contributed by atoms with van der Waals surface area (Å²) in [5.41, 5.74) is 1.61. The van der Waals surface area contributed by atoms with Crippen LogP contribution in [0.3, 0.4) is 0 Å². The molecule has 3 aromatic rings. The molecule has 34 heavy (non-hydrogen) atoms. The number of ether oxygens (including phenoxy) is 2. The highest BCUT2D eigenvalue weighted by Gasteiger charge is 2.31. The number of benzene rings is 2. The molecule has 0 radical (unpaired) electrons. The number of hydrogen-bond donors (Lipinski definition) is 2. The summed E-state index contributed by atoms with van der Waals surface area (Å²) in [6.07, 6.45) is -2.79. The van der Waals surface area contributed by atoms with Crippen LogP contribution in [0.1, 0.15) is 22.4 Å². The van der Waals surface area contributed by atoms with Gasteiger partial charge in [0.15, 0.2) is 12.1 Å². The van der Waals surface area contributed by atoms with E-state index < -0.39 is 12.6 Å². The fraction of sp³-hybridized carbons (Fsp3) is 0.261. The molecule has 0 fully saturated rings. The van der Waals surface area contributed by atoms with Crippen molar-refractivity contribution in [2.24, 2.45) is 0 Å². The number of aromatic nitrogens is 2. The van der Waals surface area contributed by atoms with Crippen LogP contribution in [0.25, 0.3) is 11.1 Å². The summed E-state index contributed by atoms with van der Waals surface area (Å²) in [5, 5.41) is 13.0. The van der Waals surface area contributed by atoms with Crippen LogP contribution in [0.15, 0.2) is 60.9 Å². The van der Waals surface area contributed by atoms with Crippen molar-refractivity contribution in [2.45, 2.75) is 12.6 Å². The Bertz CT molecular complexity index is 1130. The number of aliphatic hydroxyl groups excluding tert-OH is 1. The molecule has 0 aliphatic carbocycles. The van der Waals surface area contributed by atoms with E-state index in [0.717, 1.165) is 0 Å². The van der Waals surface area contributed by atoms with Gasteiger partial charge in [-0.3, -0.25) is 10.1 Å². The average Bonchev–Trinajstić information content (AvgIpc) is 2.97. The quantitative estimate of drug-likeness (QED) is 0.508. The van der Waals surface area contributed by atoms with Gasteiger partial charge in [-0.15, -0.1) is 13.2 Å². The van der Waals surface area contributed by atoms with Gasteiger partial charge in [-0.2, -0.15) is 0 Å². The van der Waals surface area contributed by atoms with E-state index in [1.807, 2.05) is 0 Å². The molecular weight excluding hydrogens is 453 g/mol. The number of rotatable bonds is 7. The third kappa shape index (κ3) is 5.80. The van der Waals surface area contributed by atoms with E-state index in [2.05, 4.69) is 20.0 Å². The highest BCUT2D eigenvalue weighted by atomic mass is 19.4. The van der Waals surface area contributed by atoms with E-state index in [4.69, 9.17) is 4.74 Å². The second-order valence-electron chi connectivity index (χ2n) is 7.39. The molecule has 0 bridgehead atoms. The largest absolute Gasteiger partial charge is 0.573 e. The highest BCUT2D eigenvalue weighted by Crippen LogP contribution is 2.31. The Morgan fingerprint density at radius 3 is 2.53 bits per heavy atom. The Kier molecular flexibility index (Phi) is 6.94. The lowest BCUT2D eigenvalue weighted by Gasteiger charge is -2.21. The molecule has 11 heteroatoms. The van der Waals surface area contributed by atoms with E-state index in [-0.39, 0.29) is 17.5 Å². The van der Waals surface area contributed by atoms with Gasteiger partial charge in [-0.25, -0.2) is 9.97 Å². The zero-order chi connectivity index (χ0) is 24.1. The summed E-state index contributed by atoms with van der Waals surface area (Å²) in [4.78, 5) is 22.7. The Labute approximate surface area is 193 Å². The van der Waals surface area contributed by atoms with Gasteiger partial charge >= 0.3 is 6.36 Å². The number of fused-ring (bicyclic) bond motifs is 1. The van der Waals surface area contributed by atoms with Crippen molar-refractivity contribution in [1.29, 1.82) is 0 Å². The van der Waals surface area contributed by atoms with Crippen LogP contribution in [0.5, 0.6) is 11.5 Å². The molecule has 1 aliphatic rings. The standard InChI is InChI=1S/C23H21F3N4O4/c24-23(25,26)34-17-5-2-15(3-6-17)16-4-7-19-18(14-16)22(32)30(12-13-33-19)11-10-29-21(31)20-27-8-1-9-28-20/h1-9,14,21,29,31H,10-13H2. The second-order valence-corrected chi connectivity index (χ2v) is 7.39. The summed E-state index contributed by atoms with van der Waals surface area (Å²) in [6.45, 7) is 1.25. The maximum Gasteiger partial charge on any atom is 0.573 e. The van der Waals surface area contributed by atoms with Crippen molar-refractivity contribution in [3.05, 3.63) is 72.3 Å². The number of nitrogens with zero attached hydrogens (tertiary/aromatic N) is 3. The zero-order valence-corrected chi connectivity index (χ0v) is 17.8. The molecule has 4 rings (SSSR count). The van der Waals surface area contributed by atoms with E-state index in [9.17, 15) is 23.1 Å². The Balaban J connectivity index is 1.44. The summed E-state index contributed by atoms with van der Waals surface area (Å²) in [6, 6.07) is 12.1. The predicted octanol–water partition coefficient (Wildman–Crippen LogP) is 3.16. The third-order valence-corrected chi connectivity index (χ3v) is 5.09. The summed E-state index contributed by atoms with van der Waals surface area (Å²) >= 11 is 0. The lowest BCUT2D eigenvalue weighted by Crippen LogP contribution is -2.39. The minimum absolute atomic E-state index is 0.231. The molecule has 8 nitrogen and oxygen atoms in total. The van der Waals surface area contributed by atoms with Crippen LogP contribution in [0, 0.1) is 0 Å². The van der Waals surface area contributed by atoms with Gasteiger partial charge in [-0.1, -0.05) is 18.2 Å². The van der Waals surface area contributed by atoms with Crippen LogP contribution >= 0.6 is 0 Å². The van der Waals surface area contributed by atoms with Crippen LogP contribution in [0.4, 0.5) is 13.2 Å². The lowest BCUT2D eigenvalue weighted by molar-refractivity contribution is -0.274. The predicted molar refractivity (Wildman–Crippen MR) is 115 cm³/mol. The molecule has 2 heterocycles. The van der Waals surface area contributed by atoms with Gasteiger partial charge < -0.3 is 19.5 Å². The fourth-order valence-electron chi connectivity index (χ4n) is 3.48. The molecule has 1 unspecified atom stereocenters. The van der Waals surface area contributed by atoms with E-state index in [1.54, 1.807) is 29.2 Å². The lowest BCUT2D eigenvalue weighted by atomic mass is 10.0. The maximum absolute atomic E-state index is 13.2. The molecule has 1 atom stereocenters. The molecule has 2 aromatic carbocycles. The number of carbonyl (C=O) groups excluding carboxylic acids is 1. The molecule has 1 aromatic heterocycles.